The van der Waals surface area contributed by atoms with Crippen LogP contribution in [0.2, 0.25) is 5.02 Å². The molecule has 0 aliphatic rings. The minimum atomic E-state index is -0.425. The van der Waals surface area contributed by atoms with Gasteiger partial charge < -0.3 is 5.73 Å². The fourth-order valence-corrected chi connectivity index (χ4v) is 2.97. The summed E-state index contributed by atoms with van der Waals surface area (Å²) in [6.45, 7) is 5.94. The predicted octanol–water partition coefficient (Wildman–Crippen LogP) is 0.355. The first-order chi connectivity index (χ1) is 6.37. The number of hydrogen-bond donors (Lipinski definition) is 1. The normalized spacial score (nSPS) is 10.6. The molecule has 0 heterocycles. The molecule has 1 amide bonds. The molecule has 0 aliphatic heterocycles. The van der Waals surface area contributed by atoms with E-state index in [2.05, 4.69) is 0 Å². The number of benzene rings is 1. The average molecular weight is 228 g/mol. The zero-order valence-corrected chi connectivity index (χ0v) is 11.6. The van der Waals surface area contributed by atoms with Crippen LogP contribution in [0.3, 0.4) is 0 Å². The molecule has 0 aliphatic carbocycles. The van der Waals surface area contributed by atoms with Crippen LogP contribution in [-0.2, 0) is 0 Å². The van der Waals surface area contributed by atoms with Gasteiger partial charge in [-0.05, 0) is 37.5 Å². The molecule has 2 nitrogen and oxygen atoms in total. The van der Waals surface area contributed by atoms with Gasteiger partial charge in [-0.1, -0.05) is 16.8 Å². The van der Waals surface area contributed by atoms with E-state index in [1.54, 1.807) is 0 Å². The molecule has 0 atom stereocenters. The highest BCUT2D eigenvalue weighted by atomic mass is 35.5. The number of rotatable bonds is 1. The van der Waals surface area contributed by atoms with E-state index in [4.69, 9.17) is 17.3 Å². The van der Waals surface area contributed by atoms with Crippen LogP contribution >= 0.6 is 11.6 Å². The Kier molecular flexibility index (Phi) is 3.02. The summed E-state index contributed by atoms with van der Waals surface area (Å²) < 4.78 is 0. The van der Waals surface area contributed by atoms with Crippen molar-refractivity contribution in [2.75, 3.05) is 0 Å². The largest absolute Gasteiger partial charge is 0.366 e. The second-order valence-corrected chi connectivity index (χ2v) is 4.93. The molecule has 76 valence electrons. The molecule has 2 N–H and O–H groups in total. The van der Waals surface area contributed by atoms with Crippen molar-refractivity contribution >= 4 is 32.9 Å². The van der Waals surface area contributed by atoms with E-state index in [-0.39, 0.29) is 0 Å². The van der Waals surface area contributed by atoms with Gasteiger partial charge in [0.1, 0.15) is 0 Å². The molecule has 0 fully saturated rings. The minimum absolute atomic E-state index is 0.425. The molecule has 0 radical (unpaired) electrons. The Labute approximate surface area is 91.9 Å². The van der Waals surface area contributed by atoms with E-state index in [1.165, 1.54) is 0 Å². The van der Waals surface area contributed by atoms with Crippen molar-refractivity contribution < 1.29 is 4.79 Å². The molecule has 4 heteroatoms. The van der Waals surface area contributed by atoms with Crippen LogP contribution in [0.1, 0.15) is 27.0 Å². The lowest BCUT2D eigenvalue weighted by molar-refractivity contribution is 0.100. The Morgan fingerprint density at radius 2 is 1.71 bits per heavy atom. The highest BCUT2D eigenvalue weighted by Gasteiger charge is 2.16. The second kappa shape index (κ2) is 3.75. The van der Waals surface area contributed by atoms with Crippen LogP contribution in [0.4, 0.5) is 0 Å². The standard InChI is InChI=1S/C10H14ClNOSi/c1-4-5(2)8(11)7(10(12)13)9(14)6(4)3/h1-3,14H3,(H2,12,13). The molecule has 0 saturated heterocycles. The van der Waals surface area contributed by atoms with Crippen LogP contribution in [-0.4, -0.2) is 16.1 Å². The van der Waals surface area contributed by atoms with Gasteiger partial charge >= 0.3 is 0 Å². The van der Waals surface area contributed by atoms with Gasteiger partial charge in [0.05, 0.1) is 10.6 Å². The van der Waals surface area contributed by atoms with Crippen molar-refractivity contribution in [3.8, 4) is 0 Å². The van der Waals surface area contributed by atoms with Gasteiger partial charge in [-0.25, -0.2) is 0 Å². The van der Waals surface area contributed by atoms with Crippen molar-refractivity contribution in [2.24, 2.45) is 5.73 Å². The quantitative estimate of drug-likeness (QED) is 0.692. The van der Waals surface area contributed by atoms with Gasteiger partial charge in [0.15, 0.2) is 0 Å². The monoisotopic (exact) mass is 227 g/mol. The summed E-state index contributed by atoms with van der Waals surface area (Å²) in [5.41, 5.74) is 9.07. The van der Waals surface area contributed by atoms with Gasteiger partial charge in [0, 0.05) is 10.2 Å². The van der Waals surface area contributed by atoms with Gasteiger partial charge in [0.2, 0.25) is 5.91 Å². The highest BCUT2D eigenvalue weighted by Crippen LogP contribution is 2.24. The summed E-state index contributed by atoms with van der Waals surface area (Å²) in [5, 5.41) is 1.54. The molecule has 1 aromatic rings. The van der Waals surface area contributed by atoms with Crippen LogP contribution < -0.4 is 10.9 Å². The lowest BCUT2D eigenvalue weighted by Crippen LogP contribution is -2.26. The Morgan fingerprint density at radius 3 is 2.14 bits per heavy atom. The fraction of sp³-hybridized carbons (Fsp3) is 0.300. The van der Waals surface area contributed by atoms with Gasteiger partial charge in [-0.2, -0.15) is 0 Å². The summed E-state index contributed by atoms with van der Waals surface area (Å²) in [4.78, 5) is 11.2. The van der Waals surface area contributed by atoms with Gasteiger partial charge in [-0.3, -0.25) is 4.79 Å². The lowest BCUT2D eigenvalue weighted by Gasteiger charge is -2.14. The minimum Gasteiger partial charge on any atom is -0.366 e. The summed E-state index contributed by atoms with van der Waals surface area (Å²) in [6.07, 6.45) is 0. The Hall–Kier alpha value is -0.803. The lowest BCUT2D eigenvalue weighted by atomic mass is 10.00. The first kappa shape index (κ1) is 11.3. The van der Waals surface area contributed by atoms with Crippen molar-refractivity contribution in [1.29, 1.82) is 0 Å². The van der Waals surface area contributed by atoms with Crippen molar-refractivity contribution in [2.45, 2.75) is 20.8 Å². The number of carbonyl (C=O) groups is 1. The molecule has 1 aromatic carbocycles. The summed E-state index contributed by atoms with van der Waals surface area (Å²) in [7, 11) is 0.785. The number of hydrogen-bond acceptors (Lipinski definition) is 1. The number of primary amides is 1. The third kappa shape index (κ3) is 1.57. The maximum absolute atomic E-state index is 11.2. The maximum Gasteiger partial charge on any atom is 0.250 e. The SMILES string of the molecule is Cc1c(C)c([SiH3])c(C(N)=O)c(Cl)c1C. The van der Waals surface area contributed by atoms with E-state index in [1.807, 2.05) is 20.8 Å². The van der Waals surface area contributed by atoms with Crippen molar-refractivity contribution in [3.63, 3.8) is 0 Å². The Morgan fingerprint density at radius 1 is 1.21 bits per heavy atom. The first-order valence-corrected chi connectivity index (χ1v) is 5.81. The Bertz CT molecular complexity index is 386. The topological polar surface area (TPSA) is 43.1 Å². The zero-order valence-electron chi connectivity index (χ0n) is 8.86. The zero-order chi connectivity index (χ0) is 11.0. The molecule has 0 saturated carbocycles. The van der Waals surface area contributed by atoms with Crippen LogP contribution in [0.25, 0.3) is 0 Å². The Balaban J connectivity index is 3.68. The number of carbonyl (C=O) groups excluding carboxylic acids is 1. The van der Waals surface area contributed by atoms with Crippen molar-refractivity contribution in [1.82, 2.24) is 0 Å². The van der Waals surface area contributed by atoms with E-state index in [0.29, 0.717) is 10.6 Å². The average Bonchev–Trinajstić information content (AvgIpc) is 2.11. The summed E-state index contributed by atoms with van der Waals surface area (Å²) >= 11 is 6.09. The second-order valence-electron chi connectivity index (χ2n) is 3.55. The molecular weight excluding hydrogens is 214 g/mol. The number of amides is 1. The molecule has 14 heavy (non-hydrogen) atoms. The molecule has 0 bridgehead atoms. The summed E-state index contributed by atoms with van der Waals surface area (Å²) in [6, 6.07) is 0. The molecule has 0 spiro atoms. The van der Waals surface area contributed by atoms with E-state index in [0.717, 1.165) is 32.1 Å². The van der Waals surface area contributed by atoms with Gasteiger partial charge in [0.25, 0.3) is 0 Å². The molecule has 0 unspecified atom stereocenters. The summed E-state index contributed by atoms with van der Waals surface area (Å²) in [5.74, 6) is -0.425. The third-order valence-corrected chi connectivity index (χ3v) is 4.58. The van der Waals surface area contributed by atoms with Gasteiger partial charge in [-0.15, -0.1) is 0 Å². The maximum atomic E-state index is 11.2. The number of nitrogens with two attached hydrogens (primary N) is 1. The fourth-order valence-electron chi connectivity index (χ4n) is 1.56. The van der Waals surface area contributed by atoms with Crippen LogP contribution in [0.5, 0.6) is 0 Å². The van der Waals surface area contributed by atoms with E-state index >= 15 is 0 Å². The smallest absolute Gasteiger partial charge is 0.250 e. The highest BCUT2D eigenvalue weighted by molar-refractivity contribution is 6.43. The first-order valence-electron chi connectivity index (χ1n) is 4.43. The van der Waals surface area contributed by atoms with E-state index < -0.39 is 5.91 Å². The van der Waals surface area contributed by atoms with Crippen molar-refractivity contribution in [3.05, 3.63) is 27.3 Å². The van der Waals surface area contributed by atoms with Crippen LogP contribution in [0.15, 0.2) is 0 Å². The van der Waals surface area contributed by atoms with E-state index in [9.17, 15) is 4.79 Å². The molecule has 0 aromatic heterocycles. The molecular formula is C10H14ClNOSi. The third-order valence-electron chi connectivity index (χ3n) is 2.86. The molecule has 1 rings (SSSR count). The van der Waals surface area contributed by atoms with Crippen LogP contribution in [0, 0.1) is 20.8 Å². The number of halogens is 1. The predicted molar refractivity (Wildman–Crippen MR) is 63.8 cm³/mol.